The highest BCUT2D eigenvalue weighted by Gasteiger charge is 2.20. The Morgan fingerprint density at radius 2 is 2.05 bits per heavy atom. The fourth-order valence-electron chi connectivity index (χ4n) is 1.43. The van der Waals surface area contributed by atoms with Crippen molar-refractivity contribution in [3.05, 3.63) is 49.6 Å². The summed E-state index contributed by atoms with van der Waals surface area (Å²) in [7, 11) is 0. The highest BCUT2D eigenvalue weighted by atomic mass is 16.6. The zero-order chi connectivity index (χ0) is 16.0. The third-order valence-electron chi connectivity index (χ3n) is 2.34. The lowest BCUT2D eigenvalue weighted by Gasteiger charge is -2.01. The molecular formula is C12H9N3O6. The molecule has 0 aliphatic heterocycles. The average molecular weight is 291 g/mol. The third-order valence-corrected chi connectivity index (χ3v) is 2.34. The fraction of sp³-hybridized carbons (Fsp3) is 0.167. The van der Waals surface area contributed by atoms with Crippen LogP contribution in [0, 0.1) is 31.6 Å². The minimum absolute atomic E-state index is 0.0419. The smallest absolute Gasteiger partial charge is 0.348 e. The molecule has 0 aromatic heterocycles. The van der Waals surface area contributed by atoms with Crippen molar-refractivity contribution in [2.45, 2.75) is 6.92 Å². The Morgan fingerprint density at radius 1 is 1.38 bits per heavy atom. The second-order valence-corrected chi connectivity index (χ2v) is 3.65. The number of carbonyl (C=O) groups excluding carboxylic acids is 1. The molecular weight excluding hydrogens is 282 g/mol. The number of benzene rings is 1. The van der Waals surface area contributed by atoms with Crippen LogP contribution in [0.2, 0.25) is 0 Å². The van der Waals surface area contributed by atoms with Gasteiger partial charge in [-0.2, -0.15) is 5.26 Å². The second kappa shape index (κ2) is 6.76. The van der Waals surface area contributed by atoms with Gasteiger partial charge in [-0.15, -0.1) is 0 Å². The van der Waals surface area contributed by atoms with Crippen molar-refractivity contribution in [1.29, 1.82) is 5.26 Å². The molecule has 0 bridgehead atoms. The molecule has 21 heavy (non-hydrogen) atoms. The van der Waals surface area contributed by atoms with Gasteiger partial charge < -0.3 is 4.74 Å². The topological polar surface area (TPSA) is 136 Å². The van der Waals surface area contributed by atoms with Gasteiger partial charge in [0.25, 0.3) is 11.4 Å². The van der Waals surface area contributed by atoms with E-state index in [2.05, 4.69) is 4.74 Å². The van der Waals surface area contributed by atoms with Crippen LogP contribution in [-0.2, 0) is 9.53 Å². The Bertz CT molecular complexity index is 674. The molecule has 9 heteroatoms. The Labute approximate surface area is 118 Å². The molecule has 0 amide bonds. The van der Waals surface area contributed by atoms with Crippen LogP contribution >= 0.6 is 0 Å². The van der Waals surface area contributed by atoms with E-state index in [0.717, 1.165) is 24.3 Å². The second-order valence-electron chi connectivity index (χ2n) is 3.65. The van der Waals surface area contributed by atoms with E-state index in [4.69, 9.17) is 5.26 Å². The molecule has 1 rings (SSSR count). The SMILES string of the molecule is CCOC(=O)C(C#N)=Cc1ccc([N+](=O)[O-])cc1[N+](=O)[O-]. The van der Waals surface area contributed by atoms with Gasteiger partial charge in [0.2, 0.25) is 0 Å². The zero-order valence-corrected chi connectivity index (χ0v) is 10.8. The van der Waals surface area contributed by atoms with Crippen molar-refractivity contribution < 1.29 is 19.4 Å². The van der Waals surface area contributed by atoms with Crippen LogP contribution in [0.25, 0.3) is 6.08 Å². The van der Waals surface area contributed by atoms with Gasteiger partial charge in [0.05, 0.1) is 28.1 Å². The number of carbonyl (C=O) groups is 1. The van der Waals surface area contributed by atoms with E-state index in [1.54, 1.807) is 13.0 Å². The minimum atomic E-state index is -0.923. The van der Waals surface area contributed by atoms with Crippen LogP contribution in [0.4, 0.5) is 11.4 Å². The van der Waals surface area contributed by atoms with Crippen molar-refractivity contribution in [2.24, 2.45) is 0 Å². The van der Waals surface area contributed by atoms with Gasteiger partial charge in [-0.25, -0.2) is 4.79 Å². The maximum Gasteiger partial charge on any atom is 0.348 e. The minimum Gasteiger partial charge on any atom is -0.462 e. The molecule has 0 radical (unpaired) electrons. The predicted molar refractivity (Wildman–Crippen MR) is 70.0 cm³/mol. The number of nitro benzene ring substituents is 2. The van der Waals surface area contributed by atoms with Crippen molar-refractivity contribution in [2.75, 3.05) is 6.61 Å². The number of nitrogens with zero attached hydrogens (tertiary/aromatic N) is 3. The van der Waals surface area contributed by atoms with Gasteiger partial charge in [0.15, 0.2) is 0 Å². The lowest BCUT2D eigenvalue weighted by molar-refractivity contribution is -0.394. The summed E-state index contributed by atoms with van der Waals surface area (Å²) < 4.78 is 4.62. The Hall–Kier alpha value is -3.28. The Kier molecular flexibility index (Phi) is 5.08. The van der Waals surface area contributed by atoms with E-state index in [9.17, 15) is 25.0 Å². The molecule has 0 atom stereocenters. The van der Waals surface area contributed by atoms with Crippen LogP contribution in [0.1, 0.15) is 12.5 Å². The van der Waals surface area contributed by atoms with Gasteiger partial charge in [0, 0.05) is 6.07 Å². The van der Waals surface area contributed by atoms with Gasteiger partial charge in [-0.1, -0.05) is 0 Å². The van der Waals surface area contributed by atoms with E-state index in [-0.39, 0.29) is 12.2 Å². The van der Waals surface area contributed by atoms with Gasteiger partial charge >= 0.3 is 5.97 Å². The Balaban J connectivity index is 3.36. The molecule has 1 aromatic rings. The first kappa shape index (κ1) is 15.8. The maximum atomic E-state index is 11.4. The molecule has 0 saturated heterocycles. The molecule has 108 valence electrons. The summed E-state index contributed by atoms with van der Waals surface area (Å²) in [6, 6.07) is 4.46. The van der Waals surface area contributed by atoms with E-state index in [1.807, 2.05) is 0 Å². The summed E-state index contributed by atoms with van der Waals surface area (Å²) in [6.07, 6.45) is 0.958. The highest BCUT2D eigenvalue weighted by molar-refractivity contribution is 5.98. The first-order valence-electron chi connectivity index (χ1n) is 5.62. The van der Waals surface area contributed by atoms with Crippen molar-refractivity contribution in [1.82, 2.24) is 0 Å². The number of hydrogen-bond donors (Lipinski definition) is 0. The van der Waals surface area contributed by atoms with Crippen LogP contribution < -0.4 is 0 Å². The fourth-order valence-corrected chi connectivity index (χ4v) is 1.43. The number of rotatable bonds is 5. The number of nitriles is 1. The van der Waals surface area contributed by atoms with Crippen LogP contribution in [0.15, 0.2) is 23.8 Å². The maximum absolute atomic E-state index is 11.4. The predicted octanol–water partition coefficient (Wildman–Crippen LogP) is 1.97. The van der Waals surface area contributed by atoms with Crippen LogP contribution in [0.3, 0.4) is 0 Å². The zero-order valence-electron chi connectivity index (χ0n) is 10.8. The number of hydrogen-bond acceptors (Lipinski definition) is 7. The molecule has 0 spiro atoms. The highest BCUT2D eigenvalue weighted by Crippen LogP contribution is 2.26. The first-order valence-corrected chi connectivity index (χ1v) is 5.62. The molecule has 0 aliphatic rings. The average Bonchev–Trinajstić information content (AvgIpc) is 2.44. The molecule has 0 aliphatic carbocycles. The number of nitro groups is 2. The normalized spacial score (nSPS) is 10.6. The van der Waals surface area contributed by atoms with Gasteiger partial charge in [-0.3, -0.25) is 20.2 Å². The van der Waals surface area contributed by atoms with Crippen molar-refractivity contribution in [3.8, 4) is 6.07 Å². The molecule has 0 N–H and O–H groups in total. The third kappa shape index (κ3) is 3.84. The van der Waals surface area contributed by atoms with Crippen LogP contribution in [0.5, 0.6) is 0 Å². The molecule has 0 saturated carbocycles. The van der Waals surface area contributed by atoms with Gasteiger partial charge in [0.1, 0.15) is 11.6 Å². The van der Waals surface area contributed by atoms with Crippen molar-refractivity contribution >= 4 is 23.4 Å². The van der Waals surface area contributed by atoms with Crippen molar-refractivity contribution in [3.63, 3.8) is 0 Å². The Morgan fingerprint density at radius 3 is 2.52 bits per heavy atom. The lowest BCUT2D eigenvalue weighted by atomic mass is 10.1. The monoisotopic (exact) mass is 291 g/mol. The van der Waals surface area contributed by atoms with Crippen LogP contribution in [-0.4, -0.2) is 22.4 Å². The quantitative estimate of drug-likeness (QED) is 0.266. The molecule has 0 heterocycles. The summed E-state index contributed by atoms with van der Waals surface area (Å²) in [4.78, 5) is 31.3. The number of esters is 1. The van der Waals surface area contributed by atoms with E-state index in [0.29, 0.717) is 0 Å². The van der Waals surface area contributed by atoms with Gasteiger partial charge in [-0.05, 0) is 19.1 Å². The summed E-state index contributed by atoms with van der Waals surface area (Å²) in [6.45, 7) is 1.58. The molecule has 0 fully saturated rings. The summed E-state index contributed by atoms with van der Waals surface area (Å²) in [5.74, 6) is -0.923. The first-order chi connectivity index (χ1) is 9.90. The molecule has 9 nitrogen and oxygen atoms in total. The lowest BCUT2D eigenvalue weighted by Crippen LogP contribution is -2.06. The summed E-state index contributed by atoms with van der Waals surface area (Å²) >= 11 is 0. The standard InChI is InChI=1S/C12H9N3O6/c1-2-21-12(16)9(7-13)5-8-3-4-10(14(17)18)6-11(8)15(19)20/h3-6H,2H2,1H3. The van der Waals surface area contributed by atoms with E-state index < -0.39 is 32.8 Å². The van der Waals surface area contributed by atoms with E-state index in [1.165, 1.54) is 0 Å². The molecule has 1 aromatic carbocycles. The summed E-state index contributed by atoms with van der Waals surface area (Å²) in [5.41, 5.74) is -1.58. The number of non-ortho nitro benzene ring substituents is 1. The van der Waals surface area contributed by atoms with E-state index >= 15 is 0 Å². The largest absolute Gasteiger partial charge is 0.462 e. The molecule has 0 unspecified atom stereocenters. The summed E-state index contributed by atoms with van der Waals surface area (Å²) in [5, 5.41) is 30.4. The number of ether oxygens (including phenoxy) is 1.